The molecule has 4 saturated carbocycles. The van der Waals surface area contributed by atoms with Gasteiger partial charge in [0.05, 0.1) is 11.4 Å². The van der Waals surface area contributed by atoms with Crippen molar-refractivity contribution in [2.45, 2.75) is 37.5 Å². The highest BCUT2D eigenvalue weighted by molar-refractivity contribution is 6.09. The molecule has 9 aromatic rings. The average Bonchev–Trinajstić information content (AvgIpc) is 3.59. The van der Waals surface area contributed by atoms with E-state index in [9.17, 15) is 0 Å². The van der Waals surface area contributed by atoms with Gasteiger partial charge in [0.2, 0.25) is 0 Å². The first-order chi connectivity index (χ1) is 29.7. The van der Waals surface area contributed by atoms with Crippen molar-refractivity contribution in [2.24, 2.45) is 23.7 Å². The van der Waals surface area contributed by atoms with Crippen LogP contribution < -0.4 is 0 Å². The van der Waals surface area contributed by atoms with E-state index in [0.29, 0.717) is 11.8 Å². The Morgan fingerprint density at radius 1 is 0.367 bits per heavy atom. The molecule has 5 aliphatic rings. The fraction of sp³-hybridized carbons (Fsp3) is 0.172. The van der Waals surface area contributed by atoms with Gasteiger partial charge in [0.1, 0.15) is 0 Å². The third kappa shape index (κ3) is 5.07. The van der Waals surface area contributed by atoms with Gasteiger partial charge in [0.25, 0.3) is 0 Å². The van der Waals surface area contributed by atoms with Crippen LogP contribution in [0.5, 0.6) is 0 Å². The number of hydrogen-bond acceptors (Lipinski definition) is 2. The fourth-order valence-electron chi connectivity index (χ4n) is 12.9. The van der Waals surface area contributed by atoms with E-state index >= 15 is 0 Å². The van der Waals surface area contributed by atoms with E-state index in [0.717, 1.165) is 45.7 Å². The second-order valence-corrected chi connectivity index (χ2v) is 18.1. The van der Waals surface area contributed by atoms with E-state index < -0.39 is 0 Å². The summed E-state index contributed by atoms with van der Waals surface area (Å²) >= 11 is 0. The molecule has 1 heterocycles. The van der Waals surface area contributed by atoms with Crippen molar-refractivity contribution in [3.8, 4) is 67.3 Å². The van der Waals surface area contributed by atoms with Crippen LogP contribution in [0.15, 0.2) is 182 Å². The van der Waals surface area contributed by atoms with E-state index in [2.05, 4.69) is 182 Å². The summed E-state index contributed by atoms with van der Waals surface area (Å²) in [6.07, 6.45) is 6.89. The molecule has 8 aromatic carbocycles. The van der Waals surface area contributed by atoms with E-state index in [-0.39, 0.29) is 5.41 Å². The Morgan fingerprint density at radius 2 is 0.983 bits per heavy atom. The molecule has 0 atom stereocenters. The summed E-state index contributed by atoms with van der Waals surface area (Å²) in [7, 11) is 0. The number of fused-ring (bicyclic) bond motifs is 5. The van der Waals surface area contributed by atoms with Crippen LogP contribution >= 0.6 is 0 Å². The number of benzene rings is 8. The van der Waals surface area contributed by atoms with Crippen LogP contribution in [-0.4, -0.2) is 9.97 Å². The molecule has 0 N–H and O–H groups in total. The largest absolute Gasteiger partial charge is 0.228 e. The first-order valence-corrected chi connectivity index (χ1v) is 22.0. The molecule has 4 fully saturated rings. The van der Waals surface area contributed by atoms with Crippen LogP contribution in [0.1, 0.15) is 43.2 Å². The summed E-state index contributed by atoms with van der Waals surface area (Å²) in [6, 6.07) is 67.3. The summed E-state index contributed by atoms with van der Waals surface area (Å²) < 4.78 is 0. The van der Waals surface area contributed by atoms with Gasteiger partial charge in [0.15, 0.2) is 5.82 Å². The van der Waals surface area contributed by atoms with Crippen LogP contribution in [0.2, 0.25) is 0 Å². The standard InChI is InChI=1S/C58H44N2/c1-3-13-38(14-4-1)41-20-11-21-44(32-41)53-35-54(60-57(59-53)40-16-5-2-6-17-40)48-26-25-39-15-9-10-22-47(39)55(48)49-23-12-24-51-56(49)50-33-42-18-7-8-19-43(42)34-52(50)58(51)45-28-36-27-37(30-45)31-46(58)29-36/h1-26,32-37,45-46H,27-31H2. The summed E-state index contributed by atoms with van der Waals surface area (Å²) in [6.45, 7) is 0. The van der Waals surface area contributed by atoms with Gasteiger partial charge < -0.3 is 0 Å². The monoisotopic (exact) mass is 768 g/mol. The summed E-state index contributed by atoms with van der Waals surface area (Å²) in [5.41, 5.74) is 16.1. The van der Waals surface area contributed by atoms with Crippen LogP contribution in [0.3, 0.4) is 0 Å². The Morgan fingerprint density at radius 3 is 1.75 bits per heavy atom. The van der Waals surface area contributed by atoms with Crippen molar-refractivity contribution in [2.75, 3.05) is 0 Å². The molecular formula is C58H44N2. The van der Waals surface area contributed by atoms with E-state index in [1.807, 2.05) is 0 Å². The van der Waals surface area contributed by atoms with Gasteiger partial charge in [-0.25, -0.2) is 9.97 Å². The second-order valence-electron chi connectivity index (χ2n) is 18.1. The number of aromatic nitrogens is 2. The Labute approximate surface area is 351 Å². The van der Waals surface area contributed by atoms with Crippen molar-refractivity contribution in [1.29, 1.82) is 0 Å². The zero-order chi connectivity index (χ0) is 39.4. The molecule has 4 bridgehead atoms. The highest BCUT2D eigenvalue weighted by Gasteiger charge is 2.61. The topological polar surface area (TPSA) is 25.8 Å². The van der Waals surface area contributed by atoms with Crippen LogP contribution in [-0.2, 0) is 5.41 Å². The zero-order valence-electron chi connectivity index (χ0n) is 33.6. The highest BCUT2D eigenvalue weighted by Crippen LogP contribution is 2.70. The molecule has 2 heteroatoms. The molecule has 286 valence electrons. The minimum absolute atomic E-state index is 0.0508. The Kier molecular flexibility index (Phi) is 7.52. The lowest BCUT2D eigenvalue weighted by Gasteiger charge is -2.61. The maximum Gasteiger partial charge on any atom is 0.160 e. The van der Waals surface area contributed by atoms with Gasteiger partial charge in [-0.3, -0.25) is 0 Å². The lowest BCUT2D eigenvalue weighted by molar-refractivity contribution is -0.0398. The number of nitrogens with zero attached hydrogens (tertiary/aromatic N) is 2. The maximum atomic E-state index is 5.48. The van der Waals surface area contributed by atoms with E-state index in [4.69, 9.17) is 9.97 Å². The van der Waals surface area contributed by atoms with Crippen molar-refractivity contribution in [1.82, 2.24) is 9.97 Å². The molecule has 60 heavy (non-hydrogen) atoms. The van der Waals surface area contributed by atoms with Gasteiger partial charge in [-0.05, 0) is 146 Å². The molecule has 1 aromatic heterocycles. The summed E-state index contributed by atoms with van der Waals surface area (Å²) in [5.74, 6) is 3.87. The van der Waals surface area contributed by atoms with Gasteiger partial charge in [-0.15, -0.1) is 0 Å². The van der Waals surface area contributed by atoms with Gasteiger partial charge >= 0.3 is 0 Å². The lowest BCUT2D eigenvalue weighted by atomic mass is 9.43. The van der Waals surface area contributed by atoms with Crippen molar-refractivity contribution in [3.63, 3.8) is 0 Å². The molecule has 0 amide bonds. The van der Waals surface area contributed by atoms with Crippen LogP contribution in [0.4, 0.5) is 0 Å². The Hall–Kier alpha value is -6.64. The first kappa shape index (κ1) is 34.2. The minimum Gasteiger partial charge on any atom is -0.228 e. The summed E-state index contributed by atoms with van der Waals surface area (Å²) in [4.78, 5) is 10.8. The first-order valence-electron chi connectivity index (χ1n) is 22.0. The molecule has 0 radical (unpaired) electrons. The minimum atomic E-state index is 0.0508. The van der Waals surface area contributed by atoms with Crippen molar-refractivity contribution in [3.05, 3.63) is 193 Å². The Bertz CT molecular complexity index is 3130. The van der Waals surface area contributed by atoms with Gasteiger partial charge in [-0.2, -0.15) is 0 Å². The fourth-order valence-corrected chi connectivity index (χ4v) is 12.9. The van der Waals surface area contributed by atoms with Gasteiger partial charge in [-0.1, -0.05) is 158 Å². The highest BCUT2D eigenvalue weighted by atomic mass is 14.9. The smallest absolute Gasteiger partial charge is 0.160 e. The molecule has 0 aliphatic heterocycles. The molecule has 0 saturated heterocycles. The zero-order valence-corrected chi connectivity index (χ0v) is 33.6. The third-order valence-electron chi connectivity index (χ3n) is 15.0. The maximum absolute atomic E-state index is 5.48. The third-order valence-corrected chi connectivity index (χ3v) is 15.0. The predicted molar refractivity (Wildman–Crippen MR) is 247 cm³/mol. The molecule has 2 nitrogen and oxygen atoms in total. The van der Waals surface area contributed by atoms with Crippen molar-refractivity contribution >= 4 is 21.5 Å². The molecule has 5 aliphatic carbocycles. The molecule has 0 unspecified atom stereocenters. The number of rotatable bonds is 5. The average molecular weight is 769 g/mol. The van der Waals surface area contributed by atoms with Crippen molar-refractivity contribution < 1.29 is 0 Å². The SMILES string of the molecule is c1ccc(-c2cccc(-c3cc(-c4ccc5ccccc5c4-c4cccc5c4-c4cc6ccccc6cc4C54C5CC6CC(C5)CC4C6)nc(-c4ccccc4)n3)c2)cc1. The van der Waals surface area contributed by atoms with Crippen LogP contribution in [0.25, 0.3) is 88.8 Å². The molecule has 14 rings (SSSR count). The Balaban J connectivity index is 1.08. The van der Waals surface area contributed by atoms with Crippen LogP contribution in [0, 0.1) is 23.7 Å². The normalized spacial score (nSPS) is 22.1. The van der Waals surface area contributed by atoms with E-state index in [1.165, 1.54) is 87.0 Å². The number of hydrogen-bond donors (Lipinski definition) is 0. The summed E-state index contributed by atoms with van der Waals surface area (Å²) in [5, 5.41) is 5.18. The quantitative estimate of drug-likeness (QED) is 0.174. The van der Waals surface area contributed by atoms with Gasteiger partial charge in [0, 0.05) is 22.1 Å². The molecule has 1 spiro atoms. The lowest BCUT2D eigenvalue weighted by Crippen LogP contribution is -2.55. The molecular weight excluding hydrogens is 725 g/mol. The second kappa shape index (κ2) is 13.2. The predicted octanol–water partition coefficient (Wildman–Crippen LogP) is 14.8. The van der Waals surface area contributed by atoms with E-state index in [1.54, 1.807) is 11.1 Å².